The highest BCUT2D eigenvalue weighted by molar-refractivity contribution is 5.77. The Balaban J connectivity index is 1.90. The van der Waals surface area contributed by atoms with Gasteiger partial charge in [-0.1, -0.05) is 27.2 Å². The molecular formula is C20H28O4. The molecule has 5 atom stereocenters. The van der Waals surface area contributed by atoms with E-state index in [1.807, 2.05) is 6.07 Å². The largest absolute Gasteiger partial charge is 0.481 e. The topological polar surface area (TPSA) is 70.7 Å². The molecule has 4 heteroatoms. The van der Waals surface area contributed by atoms with Gasteiger partial charge in [0.2, 0.25) is 0 Å². The van der Waals surface area contributed by atoms with E-state index in [-0.39, 0.29) is 22.7 Å². The Bertz CT molecular complexity index is 675. The van der Waals surface area contributed by atoms with E-state index in [1.165, 1.54) is 0 Å². The minimum absolute atomic E-state index is 0.0341. The quantitative estimate of drug-likeness (QED) is 0.805. The van der Waals surface area contributed by atoms with Gasteiger partial charge in [0.25, 0.3) is 0 Å². The maximum absolute atomic E-state index is 12.6. The molecular weight excluding hydrogens is 304 g/mol. The summed E-state index contributed by atoms with van der Waals surface area (Å²) in [5.74, 6) is 0.250. The zero-order chi connectivity index (χ0) is 17.3. The van der Waals surface area contributed by atoms with Gasteiger partial charge in [0, 0.05) is 11.0 Å². The minimum Gasteiger partial charge on any atom is -0.481 e. The third-order valence-corrected chi connectivity index (χ3v) is 7.75. The van der Waals surface area contributed by atoms with E-state index in [4.69, 9.17) is 4.42 Å². The number of hydrogen-bond donors (Lipinski definition) is 2. The highest BCUT2D eigenvalue weighted by Gasteiger charge is 2.67. The molecule has 0 unspecified atom stereocenters. The van der Waals surface area contributed by atoms with Crippen molar-refractivity contribution in [2.45, 2.75) is 70.8 Å². The summed E-state index contributed by atoms with van der Waals surface area (Å²) in [5.41, 5.74) is -0.143. The summed E-state index contributed by atoms with van der Waals surface area (Å²) in [5, 5.41) is 21.0. The molecule has 1 aromatic rings. The zero-order valence-electron chi connectivity index (χ0n) is 14.8. The minimum atomic E-state index is -0.750. The number of aliphatic carboxylic acids is 1. The summed E-state index contributed by atoms with van der Waals surface area (Å²) in [6, 6.07) is 1.85. The predicted molar refractivity (Wildman–Crippen MR) is 89.6 cm³/mol. The summed E-state index contributed by atoms with van der Waals surface area (Å²) < 4.78 is 5.80. The van der Waals surface area contributed by atoms with Crippen LogP contribution in [0.4, 0.5) is 0 Å². The van der Waals surface area contributed by atoms with Gasteiger partial charge in [-0.25, -0.2) is 0 Å². The van der Waals surface area contributed by atoms with Crippen LogP contribution in [0.1, 0.15) is 76.7 Å². The third-order valence-electron chi connectivity index (χ3n) is 7.75. The molecule has 0 radical (unpaired) electrons. The average molecular weight is 332 g/mol. The summed E-state index contributed by atoms with van der Waals surface area (Å²) in [4.78, 5) is 12.6. The van der Waals surface area contributed by atoms with Crippen LogP contribution in [-0.4, -0.2) is 16.2 Å². The third kappa shape index (κ3) is 1.81. The molecule has 2 N–H and O–H groups in total. The molecule has 1 aromatic heterocycles. The number of aliphatic hydroxyl groups is 1. The van der Waals surface area contributed by atoms with E-state index in [2.05, 4.69) is 20.8 Å². The highest BCUT2D eigenvalue weighted by atomic mass is 16.4. The fourth-order valence-electron chi connectivity index (χ4n) is 6.68. The van der Waals surface area contributed by atoms with Crippen LogP contribution in [0.25, 0.3) is 0 Å². The molecule has 0 amide bonds. The van der Waals surface area contributed by atoms with Gasteiger partial charge in [0.05, 0.1) is 17.8 Å². The average Bonchev–Trinajstić information content (AvgIpc) is 2.99. The highest BCUT2D eigenvalue weighted by Crippen LogP contribution is 2.68. The van der Waals surface area contributed by atoms with Gasteiger partial charge in [-0.2, -0.15) is 0 Å². The molecule has 3 aliphatic rings. The number of carbonyl (C=O) groups is 1. The standard InChI is InChI=1S/C20H28O4/c1-18(2)7-4-8-20(17(22)23)14(18)5-9-19(3)15(20)11-13(21)12-6-10-24-16(12)19/h6,10,13-15,21H,4-5,7-9,11H2,1-3H3,(H,22,23)/t13-,14+,15+,19-,20-/m1/s1. The first kappa shape index (κ1) is 16.2. The maximum atomic E-state index is 12.6. The van der Waals surface area contributed by atoms with Crippen LogP contribution in [0.5, 0.6) is 0 Å². The molecule has 0 bridgehead atoms. The Labute approximate surface area is 143 Å². The number of hydrogen-bond acceptors (Lipinski definition) is 3. The van der Waals surface area contributed by atoms with Gasteiger partial charge in [0.1, 0.15) is 5.76 Å². The monoisotopic (exact) mass is 332 g/mol. The van der Waals surface area contributed by atoms with E-state index in [1.54, 1.807) is 6.26 Å². The Hall–Kier alpha value is -1.29. The van der Waals surface area contributed by atoms with E-state index in [0.29, 0.717) is 6.42 Å². The first-order valence-electron chi connectivity index (χ1n) is 9.23. The molecule has 1 heterocycles. The van der Waals surface area contributed by atoms with Crippen molar-refractivity contribution < 1.29 is 19.4 Å². The molecule has 4 nitrogen and oxygen atoms in total. The fourth-order valence-corrected chi connectivity index (χ4v) is 6.68. The predicted octanol–water partition coefficient (Wildman–Crippen LogP) is 4.28. The number of aliphatic hydroxyl groups excluding tert-OH is 1. The normalized spacial score (nSPS) is 43.4. The van der Waals surface area contributed by atoms with Crippen LogP contribution < -0.4 is 0 Å². The van der Waals surface area contributed by atoms with Crippen LogP contribution in [0.2, 0.25) is 0 Å². The number of carboxylic acid groups (broad SMARTS) is 1. The van der Waals surface area contributed by atoms with Crippen molar-refractivity contribution in [3.63, 3.8) is 0 Å². The molecule has 2 saturated carbocycles. The molecule has 2 fully saturated rings. The van der Waals surface area contributed by atoms with E-state index in [9.17, 15) is 15.0 Å². The summed E-state index contributed by atoms with van der Waals surface area (Å²) in [6.45, 7) is 6.62. The lowest BCUT2D eigenvalue weighted by molar-refractivity contribution is -0.187. The SMILES string of the molecule is CC1(C)CCC[C@]2(C(=O)O)[C@H]3C[C@@H](O)c4ccoc4[C@]3(C)CC[C@@H]12. The molecule has 132 valence electrons. The summed E-state index contributed by atoms with van der Waals surface area (Å²) in [6.07, 6.45) is 6.18. The van der Waals surface area contributed by atoms with Gasteiger partial charge < -0.3 is 14.6 Å². The number of carboxylic acids is 1. The number of rotatable bonds is 1. The second-order valence-electron chi connectivity index (χ2n) is 9.21. The van der Waals surface area contributed by atoms with Crippen molar-refractivity contribution in [3.05, 3.63) is 23.7 Å². The van der Waals surface area contributed by atoms with Crippen LogP contribution in [0.3, 0.4) is 0 Å². The van der Waals surface area contributed by atoms with Crippen LogP contribution >= 0.6 is 0 Å². The van der Waals surface area contributed by atoms with E-state index in [0.717, 1.165) is 43.4 Å². The molecule has 4 rings (SSSR count). The van der Waals surface area contributed by atoms with E-state index >= 15 is 0 Å². The van der Waals surface area contributed by atoms with Crippen LogP contribution in [0, 0.1) is 22.7 Å². The maximum Gasteiger partial charge on any atom is 0.310 e. The fraction of sp³-hybridized carbons (Fsp3) is 0.750. The first-order chi connectivity index (χ1) is 11.2. The van der Waals surface area contributed by atoms with Gasteiger partial charge in [-0.05, 0) is 55.4 Å². The molecule has 3 aliphatic carbocycles. The first-order valence-corrected chi connectivity index (χ1v) is 9.23. The van der Waals surface area contributed by atoms with Crippen molar-refractivity contribution in [1.29, 1.82) is 0 Å². The lowest BCUT2D eigenvalue weighted by Crippen LogP contribution is -2.62. The Morgan fingerprint density at radius 2 is 1.96 bits per heavy atom. The lowest BCUT2D eigenvalue weighted by Gasteiger charge is -2.62. The van der Waals surface area contributed by atoms with Gasteiger partial charge >= 0.3 is 5.97 Å². The molecule has 0 aliphatic heterocycles. The van der Waals surface area contributed by atoms with Crippen molar-refractivity contribution in [3.8, 4) is 0 Å². The van der Waals surface area contributed by atoms with Crippen LogP contribution in [0.15, 0.2) is 16.7 Å². The van der Waals surface area contributed by atoms with Gasteiger partial charge in [-0.3, -0.25) is 4.79 Å². The Kier molecular flexibility index (Phi) is 3.29. The molecule has 0 aromatic carbocycles. The van der Waals surface area contributed by atoms with Crippen molar-refractivity contribution in [2.75, 3.05) is 0 Å². The van der Waals surface area contributed by atoms with E-state index < -0.39 is 17.5 Å². The Morgan fingerprint density at radius 3 is 2.67 bits per heavy atom. The molecule has 0 spiro atoms. The summed E-state index contributed by atoms with van der Waals surface area (Å²) >= 11 is 0. The molecule has 0 saturated heterocycles. The second-order valence-corrected chi connectivity index (χ2v) is 9.21. The Morgan fingerprint density at radius 1 is 1.21 bits per heavy atom. The number of fused-ring (bicyclic) bond motifs is 5. The second kappa shape index (κ2) is 4.87. The van der Waals surface area contributed by atoms with Crippen molar-refractivity contribution in [1.82, 2.24) is 0 Å². The summed E-state index contributed by atoms with van der Waals surface area (Å²) in [7, 11) is 0. The van der Waals surface area contributed by atoms with Gasteiger partial charge in [-0.15, -0.1) is 0 Å². The smallest absolute Gasteiger partial charge is 0.310 e. The lowest BCUT2D eigenvalue weighted by atomic mass is 9.40. The molecule has 24 heavy (non-hydrogen) atoms. The van der Waals surface area contributed by atoms with Crippen molar-refractivity contribution >= 4 is 5.97 Å². The van der Waals surface area contributed by atoms with Crippen LogP contribution in [-0.2, 0) is 10.2 Å². The zero-order valence-corrected chi connectivity index (χ0v) is 14.8. The van der Waals surface area contributed by atoms with Gasteiger partial charge in [0.15, 0.2) is 0 Å². The van der Waals surface area contributed by atoms with Crippen molar-refractivity contribution in [2.24, 2.45) is 22.7 Å². The number of furan rings is 1.